The van der Waals surface area contributed by atoms with Gasteiger partial charge in [-0.25, -0.2) is 8.42 Å². The molecule has 0 unspecified atom stereocenters. The third-order valence-corrected chi connectivity index (χ3v) is 7.48. The lowest BCUT2D eigenvalue weighted by atomic mass is 10.1. The second-order valence-corrected chi connectivity index (χ2v) is 9.45. The van der Waals surface area contributed by atoms with Gasteiger partial charge in [0.05, 0.1) is 0 Å². The van der Waals surface area contributed by atoms with Crippen LogP contribution in [0, 0.1) is 6.92 Å². The van der Waals surface area contributed by atoms with Crippen molar-refractivity contribution in [3.63, 3.8) is 0 Å². The molecule has 1 amide bonds. The molecule has 0 bridgehead atoms. The lowest BCUT2D eigenvalue weighted by Gasteiger charge is -2.16. The van der Waals surface area contributed by atoms with Gasteiger partial charge >= 0.3 is 0 Å². The van der Waals surface area contributed by atoms with Crippen molar-refractivity contribution in [2.75, 3.05) is 26.2 Å². The van der Waals surface area contributed by atoms with E-state index < -0.39 is 10.0 Å². The maximum Gasteiger partial charge on any atom is 0.287 e. The molecule has 2 heterocycles. The van der Waals surface area contributed by atoms with E-state index in [9.17, 15) is 13.2 Å². The first-order valence-electron chi connectivity index (χ1n) is 10.1. The van der Waals surface area contributed by atoms with Crippen LogP contribution in [0.5, 0.6) is 0 Å². The van der Waals surface area contributed by atoms with Crippen LogP contribution in [0.3, 0.4) is 0 Å². The van der Waals surface area contributed by atoms with E-state index in [0.717, 1.165) is 12.8 Å². The third-order valence-electron chi connectivity index (χ3n) is 5.48. The van der Waals surface area contributed by atoms with Crippen LogP contribution in [-0.2, 0) is 10.0 Å². The highest BCUT2D eigenvalue weighted by atomic mass is 32.2. The van der Waals surface area contributed by atoms with E-state index in [1.165, 1.54) is 48.9 Å². The number of nitrogens with one attached hydrogen (secondary N) is 2. The molecule has 1 aliphatic heterocycles. The van der Waals surface area contributed by atoms with Gasteiger partial charge in [0, 0.05) is 38.3 Å². The minimum absolute atomic E-state index is 0.0553. The van der Waals surface area contributed by atoms with Crippen LogP contribution in [0.25, 0.3) is 0 Å². The van der Waals surface area contributed by atoms with Gasteiger partial charge in [0.25, 0.3) is 5.91 Å². The van der Waals surface area contributed by atoms with Gasteiger partial charge in [-0.1, -0.05) is 25.7 Å². The Bertz CT molecular complexity index is 730. The fourth-order valence-corrected chi connectivity index (χ4v) is 5.60. The molecule has 1 aromatic heterocycles. The van der Waals surface area contributed by atoms with Crippen LogP contribution < -0.4 is 10.6 Å². The third kappa shape index (κ3) is 5.12. The van der Waals surface area contributed by atoms with Crippen molar-refractivity contribution < 1.29 is 17.6 Å². The molecule has 7 nitrogen and oxygen atoms in total. The van der Waals surface area contributed by atoms with Crippen LogP contribution in [0.4, 0.5) is 0 Å². The van der Waals surface area contributed by atoms with Gasteiger partial charge in [0.1, 0.15) is 10.7 Å². The maximum atomic E-state index is 12.7. The predicted octanol–water partition coefficient (Wildman–Crippen LogP) is 2.41. The van der Waals surface area contributed by atoms with E-state index in [4.69, 9.17) is 4.42 Å². The van der Waals surface area contributed by atoms with Crippen LogP contribution in [-0.4, -0.2) is 50.9 Å². The summed E-state index contributed by atoms with van der Waals surface area (Å²) < 4.78 is 32.3. The number of amides is 1. The second-order valence-electron chi connectivity index (χ2n) is 7.54. The Morgan fingerprint density at radius 2 is 1.78 bits per heavy atom. The Balaban J connectivity index is 1.51. The number of furan rings is 1. The molecule has 1 aliphatic carbocycles. The summed E-state index contributed by atoms with van der Waals surface area (Å²) in [6.45, 7) is 3.84. The lowest BCUT2D eigenvalue weighted by molar-refractivity contribution is 0.0924. The number of carbonyl (C=O) groups is 1. The highest BCUT2D eigenvalue weighted by molar-refractivity contribution is 7.89. The SMILES string of the molecule is Cc1oc(C(=O)NCCNC2CCCCCC2)cc1S(=O)(=O)N1CCCC1. The normalized spacial score (nSPS) is 19.9. The Hall–Kier alpha value is -1.38. The first kappa shape index (κ1) is 20.4. The highest BCUT2D eigenvalue weighted by Crippen LogP contribution is 2.26. The molecule has 0 radical (unpaired) electrons. The molecule has 0 aromatic carbocycles. The van der Waals surface area contributed by atoms with Crippen LogP contribution in [0.1, 0.15) is 67.7 Å². The molecular formula is C19H31N3O4S. The number of sulfonamides is 1. The molecular weight excluding hydrogens is 366 g/mol. The fourth-order valence-electron chi connectivity index (χ4n) is 3.92. The molecule has 8 heteroatoms. The summed E-state index contributed by atoms with van der Waals surface area (Å²) in [5.41, 5.74) is 0. The molecule has 27 heavy (non-hydrogen) atoms. The maximum absolute atomic E-state index is 12.7. The monoisotopic (exact) mass is 397 g/mol. The Morgan fingerprint density at radius 3 is 2.44 bits per heavy atom. The smallest absolute Gasteiger partial charge is 0.287 e. The average molecular weight is 398 g/mol. The average Bonchev–Trinajstić information content (AvgIpc) is 3.24. The van der Waals surface area contributed by atoms with E-state index in [2.05, 4.69) is 10.6 Å². The molecule has 0 spiro atoms. The number of nitrogens with zero attached hydrogens (tertiary/aromatic N) is 1. The van der Waals surface area contributed by atoms with Gasteiger partial charge in [-0.15, -0.1) is 0 Å². The zero-order chi connectivity index (χ0) is 19.3. The summed E-state index contributed by atoms with van der Waals surface area (Å²) in [5.74, 6) is -0.0491. The Morgan fingerprint density at radius 1 is 1.11 bits per heavy atom. The molecule has 1 saturated carbocycles. The van der Waals surface area contributed by atoms with Crippen molar-refractivity contribution >= 4 is 15.9 Å². The standard InChI is InChI=1S/C19H31N3O4S/c1-15-18(27(24,25)22-12-6-7-13-22)14-17(26-15)19(23)21-11-10-20-16-8-4-2-3-5-9-16/h14,16,20H,2-13H2,1H3,(H,21,23). The Kier molecular flexibility index (Phi) is 6.94. The number of carbonyl (C=O) groups excluding carboxylic acids is 1. The van der Waals surface area contributed by atoms with Crippen LogP contribution in [0.15, 0.2) is 15.4 Å². The van der Waals surface area contributed by atoms with E-state index >= 15 is 0 Å². The summed E-state index contributed by atoms with van der Waals surface area (Å²) in [6, 6.07) is 1.89. The quantitative estimate of drug-likeness (QED) is 0.545. The topological polar surface area (TPSA) is 91.6 Å². The second kappa shape index (κ2) is 9.21. The molecule has 152 valence electrons. The van der Waals surface area contributed by atoms with E-state index in [0.29, 0.717) is 32.2 Å². The van der Waals surface area contributed by atoms with Gasteiger partial charge in [0.2, 0.25) is 10.0 Å². The van der Waals surface area contributed by atoms with Crippen molar-refractivity contribution in [2.45, 2.75) is 69.2 Å². The van der Waals surface area contributed by atoms with Crippen LogP contribution in [0.2, 0.25) is 0 Å². The highest BCUT2D eigenvalue weighted by Gasteiger charge is 2.31. The molecule has 1 saturated heterocycles. The zero-order valence-corrected chi connectivity index (χ0v) is 16.9. The Labute approximate surface area is 161 Å². The summed E-state index contributed by atoms with van der Waals surface area (Å²) in [4.78, 5) is 12.4. The number of hydrogen-bond acceptors (Lipinski definition) is 5. The fraction of sp³-hybridized carbons (Fsp3) is 0.737. The van der Waals surface area contributed by atoms with Gasteiger partial charge in [-0.2, -0.15) is 4.31 Å². The van der Waals surface area contributed by atoms with Gasteiger partial charge in [-0.3, -0.25) is 4.79 Å². The first-order chi connectivity index (χ1) is 13.0. The van der Waals surface area contributed by atoms with E-state index in [1.54, 1.807) is 6.92 Å². The lowest BCUT2D eigenvalue weighted by Crippen LogP contribution is -2.36. The van der Waals surface area contributed by atoms with Gasteiger partial charge in [0.15, 0.2) is 5.76 Å². The largest absolute Gasteiger partial charge is 0.455 e. The summed E-state index contributed by atoms with van der Waals surface area (Å²) >= 11 is 0. The van der Waals surface area contributed by atoms with Crippen molar-refractivity contribution in [3.8, 4) is 0 Å². The van der Waals surface area contributed by atoms with Gasteiger partial charge < -0.3 is 15.1 Å². The minimum atomic E-state index is -3.58. The molecule has 1 aromatic rings. The summed E-state index contributed by atoms with van der Waals surface area (Å²) in [5, 5.41) is 6.31. The zero-order valence-electron chi connectivity index (χ0n) is 16.1. The molecule has 2 fully saturated rings. The molecule has 2 aliphatic rings. The molecule has 0 atom stereocenters. The number of aryl methyl sites for hydroxylation is 1. The number of hydrogen-bond donors (Lipinski definition) is 2. The van der Waals surface area contributed by atoms with Crippen molar-refractivity contribution in [3.05, 3.63) is 17.6 Å². The molecule has 2 N–H and O–H groups in total. The summed E-state index contributed by atoms with van der Waals surface area (Å²) in [7, 11) is -3.58. The van der Waals surface area contributed by atoms with Crippen molar-refractivity contribution in [1.82, 2.24) is 14.9 Å². The van der Waals surface area contributed by atoms with E-state index in [1.807, 2.05) is 0 Å². The number of rotatable bonds is 7. The van der Waals surface area contributed by atoms with Crippen LogP contribution >= 0.6 is 0 Å². The van der Waals surface area contributed by atoms with Crippen molar-refractivity contribution in [1.29, 1.82) is 0 Å². The summed E-state index contributed by atoms with van der Waals surface area (Å²) in [6.07, 6.45) is 9.31. The van der Waals surface area contributed by atoms with Gasteiger partial charge in [-0.05, 0) is 32.6 Å². The first-order valence-corrected chi connectivity index (χ1v) is 11.5. The molecule has 3 rings (SSSR count). The minimum Gasteiger partial charge on any atom is -0.455 e. The van der Waals surface area contributed by atoms with E-state index in [-0.39, 0.29) is 22.3 Å². The predicted molar refractivity (Wildman–Crippen MR) is 103 cm³/mol. The van der Waals surface area contributed by atoms with Crippen molar-refractivity contribution in [2.24, 2.45) is 0 Å².